The molecular formula is C13H19NO3. The molecule has 1 saturated carbocycles. The number of ether oxygens (including phenoxy) is 1. The van der Waals surface area contributed by atoms with Crippen LogP contribution in [0.5, 0.6) is 0 Å². The lowest BCUT2D eigenvalue weighted by molar-refractivity contribution is -0.146. The Kier molecular flexibility index (Phi) is 3.52. The number of carbonyl (C=O) groups is 1. The fraction of sp³-hybridized carbons (Fsp3) is 0.615. The first-order valence-corrected chi connectivity index (χ1v) is 6.01. The quantitative estimate of drug-likeness (QED) is 0.604. The number of methoxy groups -OCH3 is 1. The normalized spacial score (nSPS) is 16.8. The van der Waals surface area contributed by atoms with E-state index in [1.165, 1.54) is 7.11 Å². The minimum Gasteiger partial charge on any atom is -0.469 e. The predicted molar refractivity (Wildman–Crippen MR) is 63.7 cm³/mol. The first-order chi connectivity index (χ1) is 8.16. The Hall–Kier alpha value is -1.29. The molecule has 0 aliphatic heterocycles. The number of nitrogens with one attached hydrogen (secondary N) is 1. The molecule has 0 unspecified atom stereocenters. The average molecular weight is 237 g/mol. The molecule has 0 bridgehead atoms. The van der Waals surface area contributed by atoms with Crippen LogP contribution in [-0.2, 0) is 16.0 Å². The zero-order valence-corrected chi connectivity index (χ0v) is 10.4. The summed E-state index contributed by atoms with van der Waals surface area (Å²) in [5.41, 5.74) is -0.242. The molecule has 17 heavy (non-hydrogen) atoms. The highest BCUT2D eigenvalue weighted by Gasteiger charge is 2.50. The summed E-state index contributed by atoms with van der Waals surface area (Å²) in [6, 6.07) is 3.95. The summed E-state index contributed by atoms with van der Waals surface area (Å²) in [5.74, 6) is 1.84. The van der Waals surface area contributed by atoms with Crippen LogP contribution >= 0.6 is 0 Å². The summed E-state index contributed by atoms with van der Waals surface area (Å²) in [7, 11) is 1.45. The van der Waals surface area contributed by atoms with E-state index in [0.29, 0.717) is 6.54 Å². The number of hydrogen-bond acceptors (Lipinski definition) is 4. The van der Waals surface area contributed by atoms with Gasteiger partial charge in [0.15, 0.2) is 0 Å². The number of aryl methyl sites for hydroxylation is 1. The van der Waals surface area contributed by atoms with Crippen molar-refractivity contribution in [3.8, 4) is 0 Å². The summed E-state index contributed by atoms with van der Waals surface area (Å²) in [6.45, 7) is 3.47. The van der Waals surface area contributed by atoms with Crippen LogP contribution in [0.1, 0.15) is 24.4 Å². The van der Waals surface area contributed by atoms with Crippen LogP contribution in [0.4, 0.5) is 0 Å². The molecule has 1 heterocycles. The van der Waals surface area contributed by atoms with Crippen molar-refractivity contribution in [3.63, 3.8) is 0 Å². The summed E-state index contributed by atoms with van der Waals surface area (Å²) in [6.07, 6.45) is 2.73. The van der Waals surface area contributed by atoms with E-state index in [1.807, 2.05) is 19.1 Å². The van der Waals surface area contributed by atoms with E-state index in [0.717, 1.165) is 37.3 Å². The maximum atomic E-state index is 11.5. The van der Waals surface area contributed by atoms with Crippen molar-refractivity contribution in [1.29, 1.82) is 0 Å². The SMILES string of the molecule is COC(=O)C1(CNCCc2ccc(C)o2)CC1. The Morgan fingerprint density at radius 2 is 2.29 bits per heavy atom. The Balaban J connectivity index is 1.68. The monoisotopic (exact) mass is 237 g/mol. The molecule has 2 rings (SSSR count). The highest BCUT2D eigenvalue weighted by atomic mass is 16.5. The highest BCUT2D eigenvalue weighted by molar-refractivity contribution is 5.80. The van der Waals surface area contributed by atoms with E-state index < -0.39 is 0 Å². The van der Waals surface area contributed by atoms with E-state index in [1.54, 1.807) is 0 Å². The molecule has 0 spiro atoms. The third kappa shape index (κ3) is 2.88. The fourth-order valence-corrected chi connectivity index (χ4v) is 1.98. The number of furan rings is 1. The van der Waals surface area contributed by atoms with Crippen molar-refractivity contribution in [2.45, 2.75) is 26.2 Å². The molecule has 1 aromatic heterocycles. The minimum atomic E-state index is -0.242. The van der Waals surface area contributed by atoms with Crippen molar-refractivity contribution in [1.82, 2.24) is 5.32 Å². The van der Waals surface area contributed by atoms with Crippen LogP contribution in [0.15, 0.2) is 16.5 Å². The van der Waals surface area contributed by atoms with Gasteiger partial charge in [-0.2, -0.15) is 0 Å². The molecule has 0 amide bonds. The molecule has 0 aromatic carbocycles. The van der Waals surface area contributed by atoms with Gasteiger partial charge in [0.25, 0.3) is 0 Å². The lowest BCUT2D eigenvalue weighted by Gasteiger charge is -2.12. The van der Waals surface area contributed by atoms with Gasteiger partial charge in [-0.25, -0.2) is 0 Å². The van der Waals surface area contributed by atoms with Crippen LogP contribution < -0.4 is 5.32 Å². The summed E-state index contributed by atoms with van der Waals surface area (Å²) < 4.78 is 10.3. The van der Waals surface area contributed by atoms with Gasteiger partial charge < -0.3 is 14.5 Å². The Morgan fingerprint density at radius 3 is 2.82 bits per heavy atom. The predicted octanol–water partition coefficient (Wildman–Crippen LogP) is 1.67. The van der Waals surface area contributed by atoms with E-state index in [9.17, 15) is 4.79 Å². The molecule has 94 valence electrons. The standard InChI is InChI=1S/C13H19NO3/c1-10-3-4-11(17-10)5-8-14-9-13(6-7-13)12(15)16-2/h3-4,14H,5-9H2,1-2H3. The maximum absolute atomic E-state index is 11.5. The van der Waals surface area contributed by atoms with Gasteiger partial charge in [0, 0.05) is 19.5 Å². The van der Waals surface area contributed by atoms with Gasteiger partial charge in [-0.05, 0) is 31.9 Å². The van der Waals surface area contributed by atoms with E-state index in [-0.39, 0.29) is 11.4 Å². The molecule has 0 saturated heterocycles. The molecule has 1 aliphatic carbocycles. The van der Waals surface area contributed by atoms with E-state index in [2.05, 4.69) is 5.32 Å². The van der Waals surface area contributed by atoms with Gasteiger partial charge in [0.1, 0.15) is 11.5 Å². The van der Waals surface area contributed by atoms with Gasteiger partial charge in [0.05, 0.1) is 12.5 Å². The van der Waals surface area contributed by atoms with Gasteiger partial charge in [-0.15, -0.1) is 0 Å². The Bertz CT molecular complexity index is 393. The largest absolute Gasteiger partial charge is 0.469 e. The van der Waals surface area contributed by atoms with Crippen LogP contribution in [0.2, 0.25) is 0 Å². The third-order valence-electron chi connectivity index (χ3n) is 3.28. The lowest BCUT2D eigenvalue weighted by atomic mass is 10.1. The molecule has 0 radical (unpaired) electrons. The molecular weight excluding hydrogens is 218 g/mol. The summed E-state index contributed by atoms with van der Waals surface area (Å²) in [5, 5.41) is 3.30. The second-order valence-corrected chi connectivity index (χ2v) is 4.71. The number of esters is 1. The third-order valence-corrected chi connectivity index (χ3v) is 3.28. The van der Waals surface area contributed by atoms with E-state index >= 15 is 0 Å². The summed E-state index contributed by atoms with van der Waals surface area (Å²) >= 11 is 0. The lowest BCUT2D eigenvalue weighted by Crippen LogP contribution is -2.32. The van der Waals surface area contributed by atoms with Crippen molar-refractivity contribution < 1.29 is 13.9 Å². The van der Waals surface area contributed by atoms with Crippen LogP contribution in [0.25, 0.3) is 0 Å². The molecule has 0 atom stereocenters. The van der Waals surface area contributed by atoms with Crippen LogP contribution in [0.3, 0.4) is 0 Å². The topological polar surface area (TPSA) is 51.5 Å². The van der Waals surface area contributed by atoms with Crippen molar-refractivity contribution >= 4 is 5.97 Å². The molecule has 1 aliphatic rings. The molecule has 1 N–H and O–H groups in total. The van der Waals surface area contributed by atoms with Gasteiger partial charge in [-0.1, -0.05) is 0 Å². The minimum absolute atomic E-state index is 0.0844. The highest BCUT2D eigenvalue weighted by Crippen LogP contribution is 2.45. The van der Waals surface area contributed by atoms with Crippen molar-refractivity contribution in [3.05, 3.63) is 23.7 Å². The van der Waals surface area contributed by atoms with Crippen LogP contribution in [0, 0.1) is 12.3 Å². The van der Waals surface area contributed by atoms with Gasteiger partial charge in [0.2, 0.25) is 0 Å². The first kappa shape index (κ1) is 12.2. The van der Waals surface area contributed by atoms with E-state index in [4.69, 9.17) is 9.15 Å². The second-order valence-electron chi connectivity index (χ2n) is 4.71. The van der Waals surface area contributed by atoms with Crippen LogP contribution in [-0.4, -0.2) is 26.2 Å². The molecule has 1 aromatic rings. The van der Waals surface area contributed by atoms with Crippen molar-refractivity contribution in [2.24, 2.45) is 5.41 Å². The average Bonchev–Trinajstić information content (AvgIpc) is 3.01. The number of carbonyl (C=O) groups excluding carboxylic acids is 1. The Labute approximate surface area is 101 Å². The maximum Gasteiger partial charge on any atom is 0.313 e. The number of rotatable bonds is 6. The summed E-state index contributed by atoms with van der Waals surface area (Å²) in [4.78, 5) is 11.5. The number of hydrogen-bond donors (Lipinski definition) is 1. The zero-order chi connectivity index (χ0) is 12.3. The smallest absolute Gasteiger partial charge is 0.313 e. The zero-order valence-electron chi connectivity index (χ0n) is 10.4. The second kappa shape index (κ2) is 4.92. The Morgan fingerprint density at radius 1 is 1.53 bits per heavy atom. The first-order valence-electron chi connectivity index (χ1n) is 6.01. The molecule has 1 fully saturated rings. The fourth-order valence-electron chi connectivity index (χ4n) is 1.98. The van der Waals surface area contributed by atoms with Gasteiger partial charge >= 0.3 is 5.97 Å². The van der Waals surface area contributed by atoms with Gasteiger partial charge in [-0.3, -0.25) is 4.79 Å². The molecule has 4 nitrogen and oxygen atoms in total. The van der Waals surface area contributed by atoms with Crippen molar-refractivity contribution in [2.75, 3.05) is 20.2 Å². The molecule has 4 heteroatoms.